The van der Waals surface area contributed by atoms with Gasteiger partial charge >= 0.3 is 0 Å². The molecule has 17 heavy (non-hydrogen) atoms. The van der Waals surface area contributed by atoms with Crippen molar-refractivity contribution < 1.29 is 4.79 Å². The Kier molecular flexibility index (Phi) is 3.47. The van der Waals surface area contributed by atoms with Crippen LogP contribution in [0.4, 0.5) is 5.69 Å². The van der Waals surface area contributed by atoms with Crippen LogP contribution in [-0.4, -0.2) is 10.9 Å². The van der Waals surface area contributed by atoms with Gasteiger partial charge in [0.05, 0.1) is 0 Å². The molecule has 0 aliphatic rings. The van der Waals surface area contributed by atoms with Crippen LogP contribution in [0.1, 0.15) is 15.9 Å². The number of nitrogens with zero attached hydrogens (tertiary/aromatic N) is 1. The van der Waals surface area contributed by atoms with Crippen LogP contribution in [0.15, 0.2) is 48.8 Å². The standard InChI is InChI=1S/C13H13N3O/c14-9-10-1-3-11(4-2-10)13(17)16-12-5-7-15-8-6-12/h1-8H,9,14H2,(H,15,16,17). The van der Waals surface area contributed by atoms with E-state index < -0.39 is 0 Å². The van der Waals surface area contributed by atoms with Crippen LogP contribution in [-0.2, 0) is 6.54 Å². The van der Waals surface area contributed by atoms with Gasteiger partial charge in [0, 0.05) is 30.2 Å². The van der Waals surface area contributed by atoms with Gasteiger partial charge in [0.15, 0.2) is 0 Å². The highest BCUT2D eigenvalue weighted by Crippen LogP contribution is 2.08. The summed E-state index contributed by atoms with van der Waals surface area (Å²) in [5, 5.41) is 2.79. The van der Waals surface area contributed by atoms with Gasteiger partial charge in [0.2, 0.25) is 0 Å². The first-order valence-electron chi connectivity index (χ1n) is 5.30. The topological polar surface area (TPSA) is 68.0 Å². The number of nitrogens with two attached hydrogens (primary N) is 1. The molecule has 0 atom stereocenters. The SMILES string of the molecule is NCc1ccc(C(=O)Nc2ccncc2)cc1. The molecule has 0 spiro atoms. The fraction of sp³-hybridized carbons (Fsp3) is 0.0769. The molecule has 1 heterocycles. The van der Waals surface area contributed by atoms with Gasteiger partial charge in [0.25, 0.3) is 5.91 Å². The van der Waals surface area contributed by atoms with Crippen molar-refractivity contribution in [1.82, 2.24) is 4.98 Å². The van der Waals surface area contributed by atoms with Crippen molar-refractivity contribution in [3.8, 4) is 0 Å². The summed E-state index contributed by atoms with van der Waals surface area (Å²) >= 11 is 0. The van der Waals surface area contributed by atoms with E-state index in [4.69, 9.17) is 5.73 Å². The maximum Gasteiger partial charge on any atom is 0.255 e. The minimum Gasteiger partial charge on any atom is -0.326 e. The average molecular weight is 227 g/mol. The normalized spacial score (nSPS) is 9.94. The summed E-state index contributed by atoms with van der Waals surface area (Å²) in [5.41, 5.74) is 7.84. The molecule has 86 valence electrons. The number of anilines is 1. The number of aromatic nitrogens is 1. The summed E-state index contributed by atoms with van der Waals surface area (Å²) in [5.74, 6) is -0.139. The number of nitrogens with one attached hydrogen (secondary N) is 1. The fourth-order valence-electron chi connectivity index (χ4n) is 1.43. The van der Waals surface area contributed by atoms with E-state index in [1.807, 2.05) is 12.1 Å². The van der Waals surface area contributed by atoms with E-state index in [0.29, 0.717) is 12.1 Å². The lowest BCUT2D eigenvalue weighted by molar-refractivity contribution is 0.102. The second-order valence-electron chi connectivity index (χ2n) is 3.59. The second-order valence-corrected chi connectivity index (χ2v) is 3.59. The molecule has 1 aromatic heterocycles. The van der Waals surface area contributed by atoms with Crippen LogP contribution in [0.3, 0.4) is 0 Å². The first-order chi connectivity index (χ1) is 8.29. The number of hydrogen-bond donors (Lipinski definition) is 2. The van der Waals surface area contributed by atoms with Gasteiger partial charge in [-0.3, -0.25) is 9.78 Å². The highest BCUT2D eigenvalue weighted by Gasteiger charge is 2.05. The molecule has 1 amide bonds. The van der Waals surface area contributed by atoms with Crippen LogP contribution in [0.2, 0.25) is 0 Å². The van der Waals surface area contributed by atoms with Crippen LogP contribution < -0.4 is 11.1 Å². The Morgan fingerprint density at radius 2 is 1.76 bits per heavy atom. The van der Waals surface area contributed by atoms with E-state index in [1.54, 1.807) is 36.7 Å². The van der Waals surface area contributed by atoms with Crippen molar-refractivity contribution in [3.05, 3.63) is 59.9 Å². The quantitative estimate of drug-likeness (QED) is 0.840. The largest absolute Gasteiger partial charge is 0.326 e. The van der Waals surface area contributed by atoms with E-state index in [9.17, 15) is 4.79 Å². The van der Waals surface area contributed by atoms with Crippen molar-refractivity contribution in [2.45, 2.75) is 6.54 Å². The summed E-state index contributed by atoms with van der Waals surface area (Å²) in [6, 6.07) is 10.7. The molecule has 0 saturated heterocycles. The molecule has 3 N–H and O–H groups in total. The molecule has 4 heteroatoms. The number of hydrogen-bond acceptors (Lipinski definition) is 3. The zero-order valence-electron chi connectivity index (χ0n) is 9.26. The zero-order valence-corrected chi connectivity index (χ0v) is 9.26. The molecule has 0 aliphatic carbocycles. The van der Waals surface area contributed by atoms with Gasteiger partial charge in [-0.15, -0.1) is 0 Å². The Bertz CT molecular complexity index is 494. The summed E-state index contributed by atoms with van der Waals surface area (Å²) in [7, 11) is 0. The highest BCUT2D eigenvalue weighted by molar-refractivity contribution is 6.04. The number of rotatable bonds is 3. The summed E-state index contributed by atoms with van der Waals surface area (Å²) in [4.78, 5) is 15.7. The average Bonchev–Trinajstić information content (AvgIpc) is 2.40. The zero-order chi connectivity index (χ0) is 12.1. The maximum absolute atomic E-state index is 11.9. The van der Waals surface area contributed by atoms with Crippen molar-refractivity contribution in [1.29, 1.82) is 0 Å². The smallest absolute Gasteiger partial charge is 0.255 e. The molecule has 4 nitrogen and oxygen atoms in total. The Balaban J connectivity index is 2.09. The van der Waals surface area contributed by atoms with Crippen LogP contribution in [0.5, 0.6) is 0 Å². The highest BCUT2D eigenvalue weighted by atomic mass is 16.1. The summed E-state index contributed by atoms with van der Waals surface area (Å²) in [6.07, 6.45) is 3.26. The van der Waals surface area contributed by atoms with E-state index in [-0.39, 0.29) is 5.91 Å². The Morgan fingerprint density at radius 3 is 2.35 bits per heavy atom. The first kappa shape index (κ1) is 11.3. The van der Waals surface area contributed by atoms with E-state index in [2.05, 4.69) is 10.3 Å². The molecule has 0 aliphatic heterocycles. The lowest BCUT2D eigenvalue weighted by Gasteiger charge is -2.05. The molecule has 0 bridgehead atoms. The monoisotopic (exact) mass is 227 g/mol. The van der Waals surface area contributed by atoms with Crippen molar-refractivity contribution in [3.63, 3.8) is 0 Å². The molecular weight excluding hydrogens is 214 g/mol. The number of carbonyl (C=O) groups excluding carboxylic acids is 1. The fourth-order valence-corrected chi connectivity index (χ4v) is 1.43. The van der Waals surface area contributed by atoms with Gasteiger partial charge in [-0.25, -0.2) is 0 Å². The first-order valence-corrected chi connectivity index (χ1v) is 5.30. The second kappa shape index (κ2) is 5.23. The lowest BCUT2D eigenvalue weighted by atomic mass is 10.1. The van der Waals surface area contributed by atoms with E-state index in [1.165, 1.54) is 0 Å². The van der Waals surface area contributed by atoms with E-state index >= 15 is 0 Å². The summed E-state index contributed by atoms with van der Waals surface area (Å²) < 4.78 is 0. The minimum atomic E-state index is -0.139. The molecule has 2 aromatic rings. The number of amides is 1. The van der Waals surface area contributed by atoms with Gasteiger partial charge in [-0.2, -0.15) is 0 Å². The molecular formula is C13H13N3O. The third kappa shape index (κ3) is 2.89. The molecule has 0 unspecified atom stereocenters. The summed E-state index contributed by atoms with van der Waals surface area (Å²) in [6.45, 7) is 0.478. The Labute approximate surface area is 99.5 Å². The third-order valence-electron chi connectivity index (χ3n) is 2.39. The van der Waals surface area contributed by atoms with Crippen molar-refractivity contribution in [2.75, 3.05) is 5.32 Å². The predicted octanol–water partition coefficient (Wildman–Crippen LogP) is 1.79. The van der Waals surface area contributed by atoms with Gasteiger partial charge in [-0.1, -0.05) is 12.1 Å². The lowest BCUT2D eigenvalue weighted by Crippen LogP contribution is -2.11. The molecule has 1 aromatic carbocycles. The van der Waals surface area contributed by atoms with Gasteiger partial charge in [0.1, 0.15) is 0 Å². The molecule has 0 radical (unpaired) electrons. The number of pyridine rings is 1. The molecule has 2 rings (SSSR count). The van der Waals surface area contributed by atoms with Gasteiger partial charge in [-0.05, 0) is 29.8 Å². The molecule has 0 saturated carbocycles. The number of benzene rings is 1. The molecule has 0 fully saturated rings. The number of carbonyl (C=O) groups is 1. The van der Waals surface area contributed by atoms with Crippen LogP contribution in [0.25, 0.3) is 0 Å². The van der Waals surface area contributed by atoms with Crippen molar-refractivity contribution in [2.24, 2.45) is 5.73 Å². The van der Waals surface area contributed by atoms with Crippen LogP contribution in [0, 0.1) is 0 Å². The Morgan fingerprint density at radius 1 is 1.12 bits per heavy atom. The van der Waals surface area contributed by atoms with Gasteiger partial charge < -0.3 is 11.1 Å². The predicted molar refractivity (Wildman–Crippen MR) is 66.5 cm³/mol. The third-order valence-corrected chi connectivity index (χ3v) is 2.39. The maximum atomic E-state index is 11.9. The van der Waals surface area contributed by atoms with E-state index in [0.717, 1.165) is 11.3 Å². The van der Waals surface area contributed by atoms with Crippen molar-refractivity contribution >= 4 is 11.6 Å². The Hall–Kier alpha value is -2.20. The minimum absolute atomic E-state index is 0.139. The van der Waals surface area contributed by atoms with Crippen LogP contribution >= 0.6 is 0 Å².